The summed E-state index contributed by atoms with van der Waals surface area (Å²) in [7, 11) is 0. The van der Waals surface area contributed by atoms with Gasteiger partial charge in [0.05, 0.1) is 0 Å². The molecular weight excluding hydrogens is 382 g/mol. The van der Waals surface area contributed by atoms with Gasteiger partial charge in [-0.3, -0.25) is 4.79 Å². The van der Waals surface area contributed by atoms with Crippen LogP contribution in [0.3, 0.4) is 0 Å². The zero-order valence-corrected chi connectivity index (χ0v) is 17.6. The summed E-state index contributed by atoms with van der Waals surface area (Å²) in [5.74, 6) is -0.430. The first-order valence-corrected chi connectivity index (χ1v) is 9.63. The van der Waals surface area contributed by atoms with Gasteiger partial charge >= 0.3 is 0 Å². The number of anilines is 1. The van der Waals surface area contributed by atoms with E-state index in [0.29, 0.717) is 10.7 Å². The van der Waals surface area contributed by atoms with Crippen molar-refractivity contribution in [2.24, 2.45) is 0 Å². The molecule has 29 heavy (non-hydrogen) atoms. The van der Waals surface area contributed by atoms with Crippen molar-refractivity contribution in [3.8, 4) is 11.8 Å². The van der Waals surface area contributed by atoms with Gasteiger partial charge in [0.25, 0.3) is 5.91 Å². The highest BCUT2D eigenvalue weighted by Gasteiger charge is 2.15. The van der Waals surface area contributed by atoms with E-state index in [0.717, 1.165) is 33.8 Å². The van der Waals surface area contributed by atoms with Crippen LogP contribution in [-0.4, -0.2) is 10.5 Å². The van der Waals surface area contributed by atoms with Gasteiger partial charge in [-0.25, -0.2) is 0 Å². The maximum atomic E-state index is 12.6. The quantitative estimate of drug-likeness (QED) is 0.434. The second-order valence-corrected chi connectivity index (χ2v) is 7.52. The van der Waals surface area contributed by atoms with Crippen LogP contribution in [0.4, 0.5) is 5.69 Å². The van der Waals surface area contributed by atoms with Gasteiger partial charge < -0.3 is 9.88 Å². The minimum absolute atomic E-state index is 0.0497. The molecule has 146 valence electrons. The lowest BCUT2D eigenvalue weighted by atomic mass is 10.1. The first-order valence-electron chi connectivity index (χ1n) is 9.25. The Morgan fingerprint density at radius 1 is 1.07 bits per heavy atom. The molecular formula is C24H22ClN3O. The van der Waals surface area contributed by atoms with Crippen molar-refractivity contribution in [2.75, 3.05) is 5.32 Å². The molecule has 4 nitrogen and oxygen atoms in total. The highest BCUT2D eigenvalue weighted by Crippen LogP contribution is 2.27. The number of halogens is 1. The van der Waals surface area contributed by atoms with E-state index in [1.54, 1.807) is 6.08 Å². The van der Waals surface area contributed by atoms with Crippen LogP contribution in [0.1, 0.15) is 28.1 Å². The van der Waals surface area contributed by atoms with Crippen molar-refractivity contribution in [2.45, 2.75) is 27.7 Å². The van der Waals surface area contributed by atoms with Crippen LogP contribution in [0.2, 0.25) is 5.02 Å². The number of nitriles is 1. The van der Waals surface area contributed by atoms with Crippen LogP contribution in [0.5, 0.6) is 0 Å². The van der Waals surface area contributed by atoms with Crippen molar-refractivity contribution < 1.29 is 4.79 Å². The molecule has 1 N–H and O–H groups in total. The fourth-order valence-electron chi connectivity index (χ4n) is 3.27. The minimum atomic E-state index is -0.430. The van der Waals surface area contributed by atoms with Gasteiger partial charge in [-0.15, -0.1) is 0 Å². The van der Waals surface area contributed by atoms with Gasteiger partial charge in [0.2, 0.25) is 0 Å². The first-order chi connectivity index (χ1) is 13.8. The minimum Gasteiger partial charge on any atom is -0.321 e. The lowest BCUT2D eigenvalue weighted by Crippen LogP contribution is -2.13. The Bertz CT molecular complexity index is 1150. The summed E-state index contributed by atoms with van der Waals surface area (Å²) in [6.45, 7) is 7.95. The number of nitrogens with one attached hydrogen (secondary N) is 1. The molecule has 1 aromatic heterocycles. The van der Waals surface area contributed by atoms with Crippen LogP contribution in [0, 0.1) is 39.0 Å². The Hall–Kier alpha value is -3.29. The predicted octanol–water partition coefficient (Wildman–Crippen LogP) is 5.91. The standard InChI is InChI=1S/C24H22ClN3O/c1-15-5-9-22(10-6-15)27-24(29)20(14-26)12-19-11-17(3)28(18(19)4)23-13-21(25)8-7-16(23)2/h5-13H,1-4H3,(H,27,29)/b20-12-. The molecule has 0 atom stereocenters. The highest BCUT2D eigenvalue weighted by atomic mass is 35.5. The Kier molecular flexibility index (Phi) is 5.91. The molecule has 0 spiro atoms. The Morgan fingerprint density at radius 2 is 1.76 bits per heavy atom. The number of hydrogen-bond acceptors (Lipinski definition) is 2. The molecule has 5 heteroatoms. The summed E-state index contributed by atoms with van der Waals surface area (Å²) < 4.78 is 2.08. The molecule has 3 rings (SSSR count). The van der Waals surface area contributed by atoms with E-state index in [9.17, 15) is 10.1 Å². The first kappa shape index (κ1) is 20.4. The van der Waals surface area contributed by atoms with Gasteiger partial charge in [-0.05, 0) is 75.2 Å². The average Bonchev–Trinajstić information content (AvgIpc) is 2.96. The van der Waals surface area contributed by atoms with Crippen molar-refractivity contribution in [1.82, 2.24) is 4.57 Å². The Balaban J connectivity index is 1.96. The van der Waals surface area contributed by atoms with Gasteiger partial charge in [0.1, 0.15) is 11.6 Å². The summed E-state index contributed by atoms with van der Waals surface area (Å²) >= 11 is 6.19. The van der Waals surface area contributed by atoms with E-state index in [1.807, 2.05) is 82.3 Å². The average molecular weight is 404 g/mol. The molecule has 0 radical (unpaired) electrons. The third kappa shape index (κ3) is 4.42. The summed E-state index contributed by atoms with van der Waals surface area (Å²) in [5, 5.41) is 13.0. The van der Waals surface area contributed by atoms with Crippen molar-refractivity contribution >= 4 is 29.3 Å². The fraction of sp³-hybridized carbons (Fsp3) is 0.167. The SMILES string of the molecule is Cc1ccc(NC(=O)/C(C#N)=C\c2cc(C)n(-c3cc(Cl)ccc3C)c2C)cc1. The number of carbonyl (C=O) groups is 1. The molecule has 0 fully saturated rings. The fourth-order valence-corrected chi connectivity index (χ4v) is 3.43. The lowest BCUT2D eigenvalue weighted by molar-refractivity contribution is -0.112. The van der Waals surface area contributed by atoms with Crippen molar-refractivity contribution in [3.63, 3.8) is 0 Å². The number of hydrogen-bond donors (Lipinski definition) is 1. The lowest BCUT2D eigenvalue weighted by Gasteiger charge is -2.13. The molecule has 2 aromatic carbocycles. The number of nitrogens with zero attached hydrogens (tertiary/aromatic N) is 2. The van der Waals surface area contributed by atoms with Crippen molar-refractivity contribution in [3.05, 3.63) is 87.2 Å². The summed E-state index contributed by atoms with van der Waals surface area (Å²) in [4.78, 5) is 12.6. The molecule has 0 aliphatic rings. The summed E-state index contributed by atoms with van der Waals surface area (Å²) in [6.07, 6.45) is 1.63. The zero-order valence-electron chi connectivity index (χ0n) is 16.9. The van der Waals surface area contributed by atoms with E-state index in [-0.39, 0.29) is 5.57 Å². The van der Waals surface area contributed by atoms with Crippen molar-refractivity contribution in [1.29, 1.82) is 5.26 Å². The number of amides is 1. The Labute approximate surface area is 176 Å². The van der Waals surface area contributed by atoms with Crippen LogP contribution in [0.15, 0.2) is 54.1 Å². The summed E-state index contributed by atoms with van der Waals surface area (Å²) in [5.41, 5.74) is 6.62. The molecule has 0 saturated carbocycles. The third-order valence-corrected chi connectivity index (χ3v) is 5.09. The molecule has 0 unspecified atom stereocenters. The maximum absolute atomic E-state index is 12.6. The van der Waals surface area contributed by atoms with Gasteiger partial charge in [-0.1, -0.05) is 35.4 Å². The van der Waals surface area contributed by atoms with Gasteiger partial charge in [0, 0.05) is 27.8 Å². The van der Waals surface area contributed by atoms with Crippen LogP contribution >= 0.6 is 11.6 Å². The van der Waals surface area contributed by atoms with Crippen LogP contribution in [-0.2, 0) is 4.79 Å². The molecule has 1 heterocycles. The second kappa shape index (κ2) is 8.38. The molecule has 0 saturated heterocycles. The molecule has 0 bridgehead atoms. The second-order valence-electron chi connectivity index (χ2n) is 7.08. The smallest absolute Gasteiger partial charge is 0.266 e. The number of aromatic nitrogens is 1. The monoisotopic (exact) mass is 403 g/mol. The zero-order chi connectivity index (χ0) is 21.1. The van der Waals surface area contributed by atoms with E-state index < -0.39 is 5.91 Å². The largest absolute Gasteiger partial charge is 0.321 e. The predicted molar refractivity (Wildman–Crippen MR) is 118 cm³/mol. The number of benzene rings is 2. The highest BCUT2D eigenvalue weighted by molar-refractivity contribution is 6.30. The Morgan fingerprint density at radius 3 is 2.41 bits per heavy atom. The molecule has 0 aliphatic carbocycles. The van der Waals surface area contributed by atoms with Crippen LogP contribution < -0.4 is 5.32 Å². The summed E-state index contributed by atoms with van der Waals surface area (Å²) in [6, 6.07) is 17.2. The van der Waals surface area contributed by atoms with Gasteiger partial charge in [0.15, 0.2) is 0 Å². The number of carbonyl (C=O) groups excluding carboxylic acids is 1. The normalized spacial score (nSPS) is 11.2. The third-order valence-electron chi connectivity index (χ3n) is 4.86. The van der Waals surface area contributed by atoms with E-state index in [1.165, 1.54) is 0 Å². The number of aryl methyl sites for hydroxylation is 3. The van der Waals surface area contributed by atoms with E-state index >= 15 is 0 Å². The van der Waals surface area contributed by atoms with Crippen LogP contribution in [0.25, 0.3) is 11.8 Å². The topological polar surface area (TPSA) is 57.8 Å². The molecule has 0 aliphatic heterocycles. The van der Waals surface area contributed by atoms with Gasteiger partial charge in [-0.2, -0.15) is 5.26 Å². The molecule has 1 amide bonds. The number of rotatable bonds is 4. The van der Waals surface area contributed by atoms with E-state index in [2.05, 4.69) is 9.88 Å². The van der Waals surface area contributed by atoms with E-state index in [4.69, 9.17) is 11.6 Å². The molecule has 3 aromatic rings. The maximum Gasteiger partial charge on any atom is 0.266 e.